The van der Waals surface area contributed by atoms with Gasteiger partial charge in [-0.1, -0.05) is 0 Å². The maximum absolute atomic E-state index is 15.3. The van der Waals surface area contributed by atoms with E-state index < -0.39 is 42.1 Å². The van der Waals surface area contributed by atoms with E-state index in [4.69, 9.17) is 4.74 Å². The van der Waals surface area contributed by atoms with Gasteiger partial charge in [0.15, 0.2) is 11.4 Å². The fraction of sp³-hybridized carbons (Fsp3) is 0.481. The van der Waals surface area contributed by atoms with Gasteiger partial charge < -0.3 is 15.0 Å². The van der Waals surface area contributed by atoms with Crippen LogP contribution in [0.1, 0.15) is 19.8 Å². The standard InChI is InChI=1S/C27H28F4N8O2/c1-15-2-5-37(11-22(30)31)21-9-16(8-18(28)23(21)33-15)17-3-7-39-24(17)25(40)35-26(36-39)34-20-4-6-38(10-19(20)29)27(12-32)13-41-14-27/h3,7-9,19-20,22H,2,4-6,10-11,13-14H2,1H3,(H2,34,35,36,40)/t19-,20+/m1/s1. The number of benzene rings is 1. The van der Waals surface area contributed by atoms with Gasteiger partial charge in [-0.3, -0.25) is 19.7 Å². The van der Waals surface area contributed by atoms with Crippen LogP contribution in [0.3, 0.4) is 0 Å². The van der Waals surface area contributed by atoms with Crippen molar-refractivity contribution in [1.82, 2.24) is 19.5 Å². The quantitative estimate of drug-likeness (QED) is 0.435. The number of aromatic amines is 1. The van der Waals surface area contributed by atoms with Gasteiger partial charge in [0.1, 0.15) is 17.4 Å². The monoisotopic (exact) mass is 572 g/mol. The Bertz CT molecular complexity index is 1610. The van der Waals surface area contributed by atoms with Crippen LogP contribution in [-0.2, 0) is 4.74 Å². The Labute approximate surface area is 232 Å². The topological polar surface area (TPSA) is 114 Å². The molecule has 216 valence electrons. The van der Waals surface area contributed by atoms with Crippen molar-refractivity contribution >= 4 is 28.6 Å². The molecule has 14 heteroatoms. The molecular weight excluding hydrogens is 544 g/mol. The SMILES string of the molecule is CC1=Nc2c(F)cc(-c3ccn4nc(N[C@H]5CCN(C6(C#N)COC6)C[C@H]5F)[nH]c(=O)c34)cc2N(CC(F)F)CC1. The Morgan fingerprint density at radius 3 is 2.80 bits per heavy atom. The van der Waals surface area contributed by atoms with Crippen molar-refractivity contribution in [1.29, 1.82) is 5.26 Å². The lowest BCUT2D eigenvalue weighted by molar-refractivity contribution is -0.121. The number of likely N-dealkylation sites (tertiary alicyclic amines) is 1. The molecule has 0 bridgehead atoms. The number of nitrogens with zero attached hydrogens (tertiary/aromatic N) is 6. The van der Waals surface area contributed by atoms with Crippen molar-refractivity contribution in [3.63, 3.8) is 0 Å². The number of rotatable bonds is 6. The van der Waals surface area contributed by atoms with Crippen LogP contribution in [-0.4, -0.2) is 88.8 Å². The Kier molecular flexibility index (Phi) is 6.95. The van der Waals surface area contributed by atoms with Gasteiger partial charge in [0.05, 0.1) is 37.6 Å². The lowest BCUT2D eigenvalue weighted by Gasteiger charge is -2.48. The summed E-state index contributed by atoms with van der Waals surface area (Å²) in [5.41, 5.74) is 0.306. The highest BCUT2D eigenvalue weighted by Gasteiger charge is 2.48. The van der Waals surface area contributed by atoms with Crippen LogP contribution < -0.4 is 15.8 Å². The number of hydrogen-bond acceptors (Lipinski definition) is 8. The van der Waals surface area contributed by atoms with Crippen molar-refractivity contribution in [2.75, 3.05) is 49.6 Å². The molecule has 0 spiro atoms. The number of nitrogens with one attached hydrogen (secondary N) is 2. The first-order valence-corrected chi connectivity index (χ1v) is 13.3. The van der Waals surface area contributed by atoms with Gasteiger partial charge in [0, 0.05) is 43.5 Å². The van der Waals surface area contributed by atoms with Crippen LogP contribution in [0.5, 0.6) is 0 Å². The molecule has 2 fully saturated rings. The molecule has 3 aromatic rings. The number of piperidine rings is 1. The number of anilines is 2. The van der Waals surface area contributed by atoms with Gasteiger partial charge in [0.2, 0.25) is 5.95 Å². The second kappa shape index (κ2) is 10.5. The molecule has 2 saturated heterocycles. The van der Waals surface area contributed by atoms with Crippen molar-refractivity contribution in [3.8, 4) is 17.2 Å². The van der Waals surface area contributed by atoms with E-state index in [1.807, 2.05) is 0 Å². The van der Waals surface area contributed by atoms with E-state index in [1.165, 1.54) is 21.7 Å². The maximum atomic E-state index is 15.3. The summed E-state index contributed by atoms with van der Waals surface area (Å²) < 4.78 is 63.6. The van der Waals surface area contributed by atoms with E-state index >= 15 is 8.78 Å². The predicted octanol–water partition coefficient (Wildman–Crippen LogP) is 3.51. The Morgan fingerprint density at radius 1 is 1.32 bits per heavy atom. The Morgan fingerprint density at radius 2 is 2.12 bits per heavy atom. The molecule has 3 aliphatic rings. The average Bonchev–Trinajstić information content (AvgIpc) is 3.26. The number of ether oxygens (including phenoxy) is 1. The first-order chi connectivity index (χ1) is 19.7. The number of halogens is 4. The second-order valence-electron chi connectivity index (χ2n) is 10.7. The minimum atomic E-state index is -2.63. The number of fused-ring (bicyclic) bond motifs is 2. The Balaban J connectivity index is 1.28. The minimum absolute atomic E-state index is 0.0104. The zero-order valence-corrected chi connectivity index (χ0v) is 22.2. The van der Waals surface area contributed by atoms with Crippen LogP contribution in [0.2, 0.25) is 0 Å². The van der Waals surface area contributed by atoms with Gasteiger partial charge in [-0.15, -0.1) is 5.10 Å². The lowest BCUT2D eigenvalue weighted by Crippen LogP contribution is -2.65. The summed E-state index contributed by atoms with van der Waals surface area (Å²) in [7, 11) is 0. The summed E-state index contributed by atoms with van der Waals surface area (Å²) in [6.45, 7) is 2.43. The van der Waals surface area contributed by atoms with Crippen molar-refractivity contribution in [2.45, 2.75) is 43.9 Å². The fourth-order valence-electron chi connectivity index (χ4n) is 5.69. The first kappa shape index (κ1) is 27.2. The van der Waals surface area contributed by atoms with Crippen LogP contribution in [0.15, 0.2) is 34.2 Å². The van der Waals surface area contributed by atoms with Crippen LogP contribution in [0.25, 0.3) is 16.6 Å². The fourth-order valence-corrected chi connectivity index (χ4v) is 5.69. The van der Waals surface area contributed by atoms with E-state index in [1.54, 1.807) is 24.0 Å². The summed E-state index contributed by atoms with van der Waals surface area (Å²) in [5, 5.41) is 16.9. The highest BCUT2D eigenvalue weighted by Crippen LogP contribution is 2.39. The molecule has 1 aromatic carbocycles. The smallest absolute Gasteiger partial charge is 0.277 e. The normalized spacial score (nSPS) is 22.6. The van der Waals surface area contributed by atoms with Crippen molar-refractivity contribution in [3.05, 3.63) is 40.6 Å². The molecule has 10 nitrogen and oxygen atoms in total. The van der Waals surface area contributed by atoms with Crippen LogP contribution in [0.4, 0.5) is 34.9 Å². The van der Waals surface area contributed by atoms with Crippen molar-refractivity contribution in [2.24, 2.45) is 4.99 Å². The summed E-state index contributed by atoms with van der Waals surface area (Å²) in [6.07, 6.45) is -1.62. The molecule has 0 saturated carbocycles. The van der Waals surface area contributed by atoms with E-state index in [0.29, 0.717) is 36.2 Å². The molecule has 41 heavy (non-hydrogen) atoms. The van der Waals surface area contributed by atoms with Gasteiger partial charge >= 0.3 is 0 Å². The predicted molar refractivity (Wildman–Crippen MR) is 144 cm³/mol. The van der Waals surface area contributed by atoms with E-state index in [9.17, 15) is 18.8 Å². The Hall–Kier alpha value is -3.96. The zero-order valence-electron chi connectivity index (χ0n) is 22.2. The number of alkyl halides is 3. The maximum Gasteiger partial charge on any atom is 0.277 e. The molecule has 2 N–H and O–H groups in total. The highest BCUT2D eigenvalue weighted by molar-refractivity contribution is 5.91. The zero-order chi connectivity index (χ0) is 28.9. The summed E-state index contributed by atoms with van der Waals surface area (Å²) in [4.78, 5) is 23.3. The van der Waals surface area contributed by atoms with E-state index in [2.05, 4.69) is 26.5 Å². The van der Waals surface area contributed by atoms with E-state index in [0.717, 1.165) is 0 Å². The highest BCUT2D eigenvalue weighted by atomic mass is 19.3. The molecule has 0 amide bonds. The number of aliphatic imine (C=N–C) groups is 1. The largest absolute Gasteiger partial charge is 0.375 e. The third kappa shape index (κ3) is 4.93. The lowest BCUT2D eigenvalue weighted by atomic mass is 9.92. The number of H-pyrrole nitrogens is 1. The molecule has 2 aromatic heterocycles. The molecule has 0 aliphatic carbocycles. The van der Waals surface area contributed by atoms with Gasteiger partial charge in [-0.05, 0) is 37.1 Å². The molecule has 3 aliphatic heterocycles. The first-order valence-electron chi connectivity index (χ1n) is 13.3. The van der Waals surface area contributed by atoms with Crippen LogP contribution >= 0.6 is 0 Å². The van der Waals surface area contributed by atoms with Gasteiger partial charge in [0.25, 0.3) is 12.0 Å². The van der Waals surface area contributed by atoms with Crippen molar-refractivity contribution < 1.29 is 22.3 Å². The minimum Gasteiger partial charge on any atom is -0.375 e. The molecular formula is C27H28F4N8O2. The third-order valence-electron chi connectivity index (χ3n) is 7.98. The number of nitriles is 1. The number of hydrogen-bond donors (Lipinski definition) is 2. The summed E-state index contributed by atoms with van der Waals surface area (Å²) >= 11 is 0. The molecule has 0 unspecified atom stereocenters. The number of aromatic nitrogens is 3. The molecule has 5 heterocycles. The molecule has 0 radical (unpaired) electrons. The molecule has 6 rings (SSSR count). The van der Waals surface area contributed by atoms with Gasteiger partial charge in [-0.25, -0.2) is 22.1 Å². The third-order valence-corrected chi connectivity index (χ3v) is 7.98. The van der Waals surface area contributed by atoms with Crippen LogP contribution in [0, 0.1) is 17.1 Å². The van der Waals surface area contributed by atoms with E-state index in [-0.39, 0.29) is 49.1 Å². The van der Waals surface area contributed by atoms with Gasteiger partial charge in [-0.2, -0.15) is 5.26 Å². The second-order valence-corrected chi connectivity index (χ2v) is 10.7. The average molecular weight is 573 g/mol. The summed E-state index contributed by atoms with van der Waals surface area (Å²) in [5.74, 6) is -0.624. The summed E-state index contributed by atoms with van der Waals surface area (Å²) in [6, 6.07) is 5.97. The molecule has 2 atom stereocenters.